The Bertz CT molecular complexity index is 566. The fraction of sp³-hybridized carbons (Fsp3) is 0.235. The van der Waals surface area contributed by atoms with Gasteiger partial charge in [-0.05, 0) is 31.0 Å². The number of hydrogen-bond donors (Lipinski definition) is 1. The topological polar surface area (TPSA) is 38.3 Å². The van der Waals surface area contributed by atoms with Crippen LogP contribution in [-0.4, -0.2) is 12.0 Å². The Balaban J connectivity index is 1.88. The summed E-state index contributed by atoms with van der Waals surface area (Å²) < 4.78 is 5.68. The van der Waals surface area contributed by atoms with E-state index in [0.717, 1.165) is 16.9 Å². The fourth-order valence-corrected chi connectivity index (χ4v) is 1.86. The molecule has 0 heterocycles. The van der Waals surface area contributed by atoms with Crippen LogP contribution in [0.4, 0.5) is 0 Å². The van der Waals surface area contributed by atoms with Crippen LogP contribution < -0.4 is 10.1 Å². The van der Waals surface area contributed by atoms with Gasteiger partial charge in [0, 0.05) is 6.54 Å². The van der Waals surface area contributed by atoms with E-state index >= 15 is 0 Å². The first-order valence-corrected chi connectivity index (χ1v) is 6.71. The standard InChI is InChI=1S/C17H19NO2/c1-13-8-6-7-11-16(13)20-14(2)17(19)18-12-15-9-4-3-5-10-15/h3-11,14H,12H2,1-2H3,(H,18,19)/t14-/m1/s1. The quantitative estimate of drug-likeness (QED) is 0.906. The Morgan fingerprint density at radius 2 is 1.75 bits per heavy atom. The van der Waals surface area contributed by atoms with Crippen molar-refractivity contribution in [2.45, 2.75) is 26.5 Å². The van der Waals surface area contributed by atoms with E-state index in [4.69, 9.17) is 4.74 Å². The van der Waals surface area contributed by atoms with Crippen LogP contribution in [-0.2, 0) is 11.3 Å². The summed E-state index contributed by atoms with van der Waals surface area (Å²) in [6.07, 6.45) is -0.514. The van der Waals surface area contributed by atoms with E-state index in [1.807, 2.05) is 61.5 Å². The molecule has 0 aliphatic carbocycles. The van der Waals surface area contributed by atoms with Crippen LogP contribution >= 0.6 is 0 Å². The lowest BCUT2D eigenvalue weighted by molar-refractivity contribution is -0.127. The first-order valence-electron chi connectivity index (χ1n) is 6.71. The molecule has 0 aromatic heterocycles. The second-order valence-electron chi connectivity index (χ2n) is 4.73. The van der Waals surface area contributed by atoms with Crippen LogP contribution in [0.3, 0.4) is 0 Å². The molecule has 0 radical (unpaired) electrons. The van der Waals surface area contributed by atoms with Crippen LogP contribution in [0.1, 0.15) is 18.1 Å². The highest BCUT2D eigenvalue weighted by molar-refractivity contribution is 5.80. The van der Waals surface area contributed by atoms with Gasteiger partial charge in [-0.25, -0.2) is 0 Å². The molecule has 2 aromatic carbocycles. The minimum atomic E-state index is -0.514. The fourth-order valence-electron chi connectivity index (χ4n) is 1.86. The lowest BCUT2D eigenvalue weighted by Crippen LogP contribution is -2.36. The second kappa shape index (κ2) is 6.75. The highest BCUT2D eigenvalue weighted by atomic mass is 16.5. The molecule has 0 unspecified atom stereocenters. The molecule has 104 valence electrons. The summed E-state index contributed by atoms with van der Waals surface area (Å²) in [6.45, 7) is 4.23. The van der Waals surface area contributed by atoms with E-state index < -0.39 is 6.10 Å². The third kappa shape index (κ3) is 3.85. The predicted octanol–water partition coefficient (Wildman–Crippen LogP) is 3.08. The third-order valence-corrected chi connectivity index (χ3v) is 3.08. The first kappa shape index (κ1) is 14.1. The Kier molecular flexibility index (Phi) is 4.77. The van der Waals surface area contributed by atoms with E-state index in [9.17, 15) is 4.79 Å². The van der Waals surface area contributed by atoms with Gasteiger partial charge in [0.2, 0.25) is 0 Å². The van der Waals surface area contributed by atoms with Gasteiger partial charge in [-0.2, -0.15) is 0 Å². The minimum Gasteiger partial charge on any atom is -0.481 e. The van der Waals surface area contributed by atoms with Gasteiger partial charge >= 0.3 is 0 Å². The molecule has 1 N–H and O–H groups in total. The summed E-state index contributed by atoms with van der Waals surface area (Å²) in [5.74, 6) is 0.631. The maximum atomic E-state index is 12.0. The summed E-state index contributed by atoms with van der Waals surface area (Å²) in [7, 11) is 0. The maximum Gasteiger partial charge on any atom is 0.261 e. The zero-order chi connectivity index (χ0) is 14.4. The largest absolute Gasteiger partial charge is 0.481 e. The summed E-state index contributed by atoms with van der Waals surface area (Å²) in [6, 6.07) is 17.5. The summed E-state index contributed by atoms with van der Waals surface area (Å²) in [5.41, 5.74) is 2.10. The van der Waals surface area contributed by atoms with E-state index in [2.05, 4.69) is 5.32 Å². The van der Waals surface area contributed by atoms with Gasteiger partial charge in [0.1, 0.15) is 5.75 Å². The van der Waals surface area contributed by atoms with Crippen molar-refractivity contribution < 1.29 is 9.53 Å². The van der Waals surface area contributed by atoms with Crippen molar-refractivity contribution in [2.75, 3.05) is 0 Å². The van der Waals surface area contributed by atoms with Crippen molar-refractivity contribution in [2.24, 2.45) is 0 Å². The van der Waals surface area contributed by atoms with Crippen LogP contribution in [0.25, 0.3) is 0 Å². The van der Waals surface area contributed by atoms with Crippen molar-refractivity contribution in [3.63, 3.8) is 0 Å². The Hall–Kier alpha value is -2.29. The van der Waals surface area contributed by atoms with Crippen LogP contribution in [0.15, 0.2) is 54.6 Å². The first-order chi connectivity index (χ1) is 9.66. The molecular formula is C17H19NO2. The summed E-state index contributed by atoms with van der Waals surface area (Å²) >= 11 is 0. The molecule has 1 amide bonds. The van der Waals surface area contributed by atoms with Crippen molar-refractivity contribution in [1.82, 2.24) is 5.32 Å². The molecular weight excluding hydrogens is 250 g/mol. The number of ether oxygens (including phenoxy) is 1. The summed E-state index contributed by atoms with van der Waals surface area (Å²) in [4.78, 5) is 12.0. The molecule has 2 rings (SSSR count). The van der Waals surface area contributed by atoms with E-state index in [1.54, 1.807) is 6.92 Å². The number of nitrogens with one attached hydrogen (secondary N) is 1. The number of hydrogen-bond acceptors (Lipinski definition) is 2. The van der Waals surface area contributed by atoms with Crippen LogP contribution in [0.5, 0.6) is 5.75 Å². The number of amides is 1. The van der Waals surface area contributed by atoms with Gasteiger partial charge in [0.15, 0.2) is 6.10 Å². The molecule has 0 aliphatic rings. The number of carbonyl (C=O) groups excluding carboxylic acids is 1. The van der Waals surface area contributed by atoms with Gasteiger partial charge in [0.05, 0.1) is 0 Å². The average molecular weight is 269 g/mol. The molecule has 0 aliphatic heterocycles. The monoisotopic (exact) mass is 269 g/mol. The lowest BCUT2D eigenvalue weighted by Gasteiger charge is -2.16. The van der Waals surface area contributed by atoms with E-state index in [1.165, 1.54) is 0 Å². The van der Waals surface area contributed by atoms with Gasteiger partial charge in [-0.3, -0.25) is 4.79 Å². The minimum absolute atomic E-state index is 0.114. The molecule has 1 atom stereocenters. The van der Waals surface area contributed by atoms with E-state index in [0.29, 0.717) is 6.54 Å². The SMILES string of the molecule is Cc1ccccc1O[C@H](C)C(=O)NCc1ccccc1. The van der Waals surface area contributed by atoms with Crippen LogP contribution in [0, 0.1) is 6.92 Å². The van der Waals surface area contributed by atoms with Crippen LogP contribution in [0.2, 0.25) is 0 Å². The van der Waals surface area contributed by atoms with Crippen molar-refractivity contribution in [3.05, 3.63) is 65.7 Å². The van der Waals surface area contributed by atoms with E-state index in [-0.39, 0.29) is 5.91 Å². The molecule has 3 heteroatoms. The number of carbonyl (C=O) groups is 1. The van der Waals surface area contributed by atoms with Gasteiger partial charge in [-0.15, -0.1) is 0 Å². The maximum absolute atomic E-state index is 12.0. The molecule has 0 saturated heterocycles. The third-order valence-electron chi connectivity index (χ3n) is 3.08. The van der Waals surface area contributed by atoms with Crippen molar-refractivity contribution in [3.8, 4) is 5.75 Å². The molecule has 0 saturated carbocycles. The van der Waals surface area contributed by atoms with Crippen molar-refractivity contribution in [1.29, 1.82) is 0 Å². The normalized spacial score (nSPS) is 11.7. The molecule has 0 fully saturated rings. The highest BCUT2D eigenvalue weighted by Crippen LogP contribution is 2.17. The lowest BCUT2D eigenvalue weighted by atomic mass is 10.2. The Morgan fingerprint density at radius 1 is 1.10 bits per heavy atom. The zero-order valence-corrected chi connectivity index (χ0v) is 11.8. The Labute approximate surface area is 119 Å². The molecule has 0 spiro atoms. The predicted molar refractivity (Wildman–Crippen MR) is 79.6 cm³/mol. The molecule has 2 aromatic rings. The van der Waals surface area contributed by atoms with Gasteiger partial charge in [-0.1, -0.05) is 48.5 Å². The number of benzene rings is 2. The van der Waals surface area contributed by atoms with Gasteiger partial charge < -0.3 is 10.1 Å². The molecule has 20 heavy (non-hydrogen) atoms. The number of para-hydroxylation sites is 1. The molecule has 0 bridgehead atoms. The summed E-state index contributed by atoms with van der Waals surface area (Å²) in [5, 5.41) is 2.87. The highest BCUT2D eigenvalue weighted by Gasteiger charge is 2.14. The average Bonchev–Trinajstić information content (AvgIpc) is 2.48. The van der Waals surface area contributed by atoms with Gasteiger partial charge in [0.25, 0.3) is 5.91 Å². The Morgan fingerprint density at radius 3 is 2.45 bits per heavy atom. The zero-order valence-electron chi connectivity index (χ0n) is 11.8. The number of aryl methyl sites for hydroxylation is 1. The van der Waals surface area contributed by atoms with Crippen molar-refractivity contribution >= 4 is 5.91 Å². The second-order valence-corrected chi connectivity index (χ2v) is 4.73. The number of rotatable bonds is 5. The molecule has 3 nitrogen and oxygen atoms in total. The smallest absolute Gasteiger partial charge is 0.261 e.